The normalized spacial score (nSPS) is 12.0. The highest BCUT2D eigenvalue weighted by Gasteiger charge is 2.37. The fraction of sp³-hybridized carbons (Fsp3) is 0.200. The van der Waals surface area contributed by atoms with Crippen molar-refractivity contribution in [3.8, 4) is 0 Å². The Hall–Kier alpha value is -2.65. The zero-order valence-electron chi connectivity index (χ0n) is 10.1. The Morgan fingerprint density at radius 1 is 1.05 bits per heavy atom. The third kappa shape index (κ3) is 2.15. The van der Waals surface area contributed by atoms with E-state index in [9.17, 15) is 13.2 Å². The maximum absolute atomic E-state index is 12.7. The van der Waals surface area contributed by atoms with Crippen molar-refractivity contribution in [1.82, 2.24) is 29.6 Å². The SMILES string of the molecule is Cn1ccc(Nc2ccc3nnc(C(F)(F)F)n3n2)n1. The first-order chi connectivity index (χ1) is 9.43. The van der Waals surface area contributed by atoms with Gasteiger partial charge in [0.25, 0.3) is 5.82 Å². The molecular weight excluding hydrogens is 275 g/mol. The summed E-state index contributed by atoms with van der Waals surface area (Å²) < 4.78 is 40.3. The first kappa shape index (κ1) is 12.4. The number of alkyl halides is 3. The zero-order valence-corrected chi connectivity index (χ0v) is 10.1. The molecule has 0 aromatic carbocycles. The van der Waals surface area contributed by atoms with Crippen molar-refractivity contribution >= 4 is 17.3 Å². The van der Waals surface area contributed by atoms with Gasteiger partial charge in [0.05, 0.1) is 0 Å². The minimum atomic E-state index is -4.62. The van der Waals surface area contributed by atoms with Gasteiger partial charge in [-0.1, -0.05) is 0 Å². The number of hydrogen-bond acceptors (Lipinski definition) is 5. The topological polar surface area (TPSA) is 72.9 Å². The van der Waals surface area contributed by atoms with E-state index < -0.39 is 12.0 Å². The fourth-order valence-corrected chi connectivity index (χ4v) is 1.65. The van der Waals surface area contributed by atoms with Crippen LogP contribution in [0.25, 0.3) is 5.65 Å². The summed E-state index contributed by atoms with van der Waals surface area (Å²) in [7, 11) is 1.73. The summed E-state index contributed by atoms with van der Waals surface area (Å²) in [6.07, 6.45) is -2.92. The molecule has 0 saturated heterocycles. The van der Waals surface area contributed by atoms with Crippen LogP contribution in [0.4, 0.5) is 24.8 Å². The number of rotatable bonds is 2. The minimum absolute atomic E-state index is 0.0175. The lowest BCUT2D eigenvalue weighted by atomic mass is 10.5. The Bertz CT molecular complexity index is 758. The number of nitrogens with one attached hydrogen (secondary N) is 1. The first-order valence-electron chi connectivity index (χ1n) is 5.50. The molecule has 0 atom stereocenters. The predicted molar refractivity (Wildman–Crippen MR) is 62.3 cm³/mol. The summed E-state index contributed by atoms with van der Waals surface area (Å²) in [6, 6.07) is 4.56. The summed E-state index contributed by atoms with van der Waals surface area (Å²) in [4.78, 5) is 0. The second kappa shape index (κ2) is 4.18. The van der Waals surface area contributed by atoms with Crippen molar-refractivity contribution in [2.75, 3.05) is 5.32 Å². The third-order valence-corrected chi connectivity index (χ3v) is 2.49. The van der Waals surface area contributed by atoms with Crippen LogP contribution in [-0.4, -0.2) is 29.6 Å². The van der Waals surface area contributed by atoms with Crippen molar-refractivity contribution in [2.24, 2.45) is 7.05 Å². The first-order valence-corrected chi connectivity index (χ1v) is 5.50. The largest absolute Gasteiger partial charge is 0.453 e. The van der Waals surface area contributed by atoms with E-state index in [1.807, 2.05) is 0 Å². The Morgan fingerprint density at radius 2 is 1.80 bits per heavy atom. The van der Waals surface area contributed by atoms with Crippen molar-refractivity contribution in [1.29, 1.82) is 0 Å². The van der Waals surface area contributed by atoms with Crippen LogP contribution in [0.5, 0.6) is 0 Å². The molecule has 0 aliphatic rings. The lowest BCUT2D eigenvalue weighted by molar-refractivity contribution is -0.146. The van der Waals surface area contributed by atoms with Crippen LogP contribution in [0.3, 0.4) is 0 Å². The highest BCUT2D eigenvalue weighted by atomic mass is 19.4. The molecule has 1 N–H and O–H groups in total. The Kier molecular flexibility index (Phi) is 2.59. The second-order valence-corrected chi connectivity index (χ2v) is 4.01. The van der Waals surface area contributed by atoms with Gasteiger partial charge in [-0.15, -0.1) is 15.3 Å². The molecule has 0 unspecified atom stereocenters. The molecule has 20 heavy (non-hydrogen) atoms. The zero-order chi connectivity index (χ0) is 14.3. The summed E-state index contributed by atoms with van der Waals surface area (Å²) >= 11 is 0. The Morgan fingerprint density at radius 3 is 2.45 bits per heavy atom. The Labute approximate surface area is 110 Å². The van der Waals surface area contributed by atoms with Crippen molar-refractivity contribution in [2.45, 2.75) is 6.18 Å². The van der Waals surface area contributed by atoms with Crippen LogP contribution in [-0.2, 0) is 13.2 Å². The molecule has 0 fully saturated rings. The average molecular weight is 283 g/mol. The van der Waals surface area contributed by atoms with Gasteiger partial charge in [-0.05, 0) is 12.1 Å². The molecule has 0 amide bonds. The van der Waals surface area contributed by atoms with Crippen molar-refractivity contribution in [3.63, 3.8) is 0 Å². The molecular formula is C10H8F3N7. The molecule has 3 heterocycles. The van der Waals surface area contributed by atoms with E-state index >= 15 is 0 Å². The minimum Gasteiger partial charge on any atom is -0.322 e. The van der Waals surface area contributed by atoms with E-state index in [0.29, 0.717) is 10.3 Å². The number of aromatic nitrogens is 6. The van der Waals surface area contributed by atoms with Crippen molar-refractivity contribution < 1.29 is 13.2 Å². The second-order valence-electron chi connectivity index (χ2n) is 4.01. The number of anilines is 2. The van der Waals surface area contributed by atoms with E-state index in [2.05, 4.69) is 25.7 Å². The maximum atomic E-state index is 12.7. The number of hydrogen-bond donors (Lipinski definition) is 1. The number of aryl methyl sites for hydroxylation is 1. The Balaban J connectivity index is 2.01. The molecule has 0 spiro atoms. The van der Waals surface area contributed by atoms with E-state index in [1.54, 1.807) is 24.0 Å². The van der Waals surface area contributed by atoms with E-state index in [4.69, 9.17) is 0 Å². The lowest BCUT2D eigenvalue weighted by Gasteiger charge is -2.05. The van der Waals surface area contributed by atoms with E-state index in [0.717, 1.165) is 0 Å². The third-order valence-electron chi connectivity index (χ3n) is 2.49. The number of halogens is 3. The van der Waals surface area contributed by atoms with Crippen LogP contribution in [0.1, 0.15) is 5.82 Å². The van der Waals surface area contributed by atoms with Crippen LogP contribution in [0.15, 0.2) is 24.4 Å². The maximum Gasteiger partial charge on any atom is 0.453 e. The van der Waals surface area contributed by atoms with E-state index in [-0.39, 0.29) is 11.5 Å². The van der Waals surface area contributed by atoms with Gasteiger partial charge in [-0.3, -0.25) is 4.68 Å². The molecule has 3 aromatic heterocycles. The quantitative estimate of drug-likeness (QED) is 0.773. The standard InChI is InChI=1S/C10H8F3N7/c1-19-5-4-7(17-19)14-6-2-3-8-15-16-9(10(11,12)13)20(8)18-6/h2-5H,1H3,(H,14,17,18). The molecule has 0 aliphatic heterocycles. The van der Waals surface area contributed by atoms with Crippen LogP contribution in [0.2, 0.25) is 0 Å². The van der Waals surface area contributed by atoms with Gasteiger partial charge in [0.2, 0.25) is 0 Å². The summed E-state index contributed by atoms with van der Waals surface area (Å²) in [6.45, 7) is 0. The van der Waals surface area contributed by atoms with E-state index in [1.165, 1.54) is 12.1 Å². The predicted octanol–water partition coefficient (Wildman–Crippen LogP) is 1.62. The summed E-state index contributed by atoms with van der Waals surface area (Å²) in [5, 5.41) is 17.2. The van der Waals surface area contributed by atoms with Gasteiger partial charge >= 0.3 is 6.18 Å². The molecule has 0 radical (unpaired) electrons. The fourth-order valence-electron chi connectivity index (χ4n) is 1.65. The average Bonchev–Trinajstić information content (AvgIpc) is 2.94. The van der Waals surface area contributed by atoms with Crippen LogP contribution in [0, 0.1) is 0 Å². The molecule has 3 rings (SSSR count). The molecule has 3 aromatic rings. The highest BCUT2D eigenvalue weighted by molar-refractivity contribution is 5.53. The van der Waals surface area contributed by atoms with Gasteiger partial charge < -0.3 is 5.32 Å². The highest BCUT2D eigenvalue weighted by Crippen LogP contribution is 2.27. The summed E-state index contributed by atoms with van der Waals surface area (Å²) in [5.41, 5.74) is 0.0175. The van der Waals surface area contributed by atoms with Gasteiger partial charge in [0.15, 0.2) is 17.3 Å². The molecule has 0 aliphatic carbocycles. The number of fused-ring (bicyclic) bond motifs is 1. The van der Waals surface area contributed by atoms with Crippen molar-refractivity contribution in [3.05, 3.63) is 30.2 Å². The molecule has 0 saturated carbocycles. The van der Waals surface area contributed by atoms with Gasteiger partial charge in [0, 0.05) is 19.3 Å². The monoisotopic (exact) mass is 283 g/mol. The van der Waals surface area contributed by atoms with Crippen LogP contribution >= 0.6 is 0 Å². The van der Waals surface area contributed by atoms with Gasteiger partial charge in [0.1, 0.15) is 0 Å². The summed E-state index contributed by atoms with van der Waals surface area (Å²) in [5.74, 6) is -0.486. The lowest BCUT2D eigenvalue weighted by Crippen LogP contribution is -2.13. The number of nitrogens with zero attached hydrogens (tertiary/aromatic N) is 6. The molecule has 10 heteroatoms. The van der Waals surface area contributed by atoms with Gasteiger partial charge in [-0.25, -0.2) is 0 Å². The smallest absolute Gasteiger partial charge is 0.322 e. The molecule has 7 nitrogen and oxygen atoms in total. The molecule has 0 bridgehead atoms. The van der Waals surface area contributed by atoms with Gasteiger partial charge in [-0.2, -0.15) is 22.8 Å². The molecule has 104 valence electrons. The van der Waals surface area contributed by atoms with Crippen LogP contribution < -0.4 is 5.32 Å².